The first-order chi connectivity index (χ1) is 10.0. The third-order valence-electron chi connectivity index (χ3n) is 3.02. The molecule has 6 nitrogen and oxygen atoms in total. The summed E-state index contributed by atoms with van der Waals surface area (Å²) in [6.07, 6.45) is 0.485. The Labute approximate surface area is 119 Å². The topological polar surface area (TPSA) is 84.3 Å². The van der Waals surface area contributed by atoms with Gasteiger partial charge in [0.25, 0.3) is 5.56 Å². The maximum absolute atomic E-state index is 13.3. The summed E-state index contributed by atoms with van der Waals surface area (Å²) < 4.78 is 19.2. The van der Waals surface area contributed by atoms with E-state index in [1.807, 2.05) is 0 Å². The molecule has 0 fully saturated rings. The van der Waals surface area contributed by atoms with Crippen LogP contribution < -0.4 is 11.2 Å². The van der Waals surface area contributed by atoms with E-state index in [1.165, 1.54) is 25.3 Å². The van der Waals surface area contributed by atoms with Crippen molar-refractivity contribution in [1.29, 1.82) is 0 Å². The normalized spacial score (nSPS) is 10.8. The van der Waals surface area contributed by atoms with Gasteiger partial charge in [-0.05, 0) is 24.1 Å². The number of methoxy groups -OCH3 is 1. The summed E-state index contributed by atoms with van der Waals surface area (Å²) in [5.41, 5.74) is -1.40. The third-order valence-corrected chi connectivity index (χ3v) is 3.02. The summed E-state index contributed by atoms with van der Waals surface area (Å²) in [6.45, 7) is 0.581. The van der Waals surface area contributed by atoms with Crippen molar-refractivity contribution in [2.75, 3.05) is 13.7 Å². The summed E-state index contributed by atoms with van der Waals surface area (Å²) in [7, 11) is 1.52. The first-order valence-corrected chi connectivity index (χ1v) is 6.35. The Balaban J connectivity index is 2.54. The van der Waals surface area contributed by atoms with Gasteiger partial charge in [-0.3, -0.25) is 14.3 Å². The van der Waals surface area contributed by atoms with E-state index < -0.39 is 22.9 Å². The van der Waals surface area contributed by atoms with Crippen LogP contribution >= 0.6 is 0 Å². The van der Waals surface area contributed by atoms with Gasteiger partial charge in [0.05, 0.1) is 0 Å². The number of aromatic nitrogens is 2. The van der Waals surface area contributed by atoms with Crippen LogP contribution in [0.15, 0.2) is 33.9 Å². The SMILES string of the molecule is COCCCn1c(O)c(-c2cccc(F)c2)c(=O)[nH]c1=O. The van der Waals surface area contributed by atoms with Gasteiger partial charge in [-0.2, -0.15) is 0 Å². The fourth-order valence-corrected chi connectivity index (χ4v) is 2.04. The molecule has 21 heavy (non-hydrogen) atoms. The van der Waals surface area contributed by atoms with Crippen molar-refractivity contribution < 1.29 is 14.2 Å². The average molecular weight is 294 g/mol. The highest BCUT2D eigenvalue weighted by atomic mass is 19.1. The Bertz CT molecular complexity index is 751. The van der Waals surface area contributed by atoms with E-state index in [0.29, 0.717) is 13.0 Å². The molecule has 0 saturated heterocycles. The number of halogens is 1. The lowest BCUT2D eigenvalue weighted by atomic mass is 10.1. The fraction of sp³-hybridized carbons (Fsp3) is 0.286. The van der Waals surface area contributed by atoms with Crippen LogP contribution in [0.4, 0.5) is 4.39 Å². The van der Waals surface area contributed by atoms with E-state index in [0.717, 1.165) is 10.6 Å². The van der Waals surface area contributed by atoms with Crippen LogP contribution in [0.3, 0.4) is 0 Å². The van der Waals surface area contributed by atoms with Crippen molar-refractivity contribution in [1.82, 2.24) is 9.55 Å². The van der Waals surface area contributed by atoms with Gasteiger partial charge in [-0.25, -0.2) is 9.18 Å². The Morgan fingerprint density at radius 2 is 2.14 bits per heavy atom. The molecule has 0 radical (unpaired) electrons. The van der Waals surface area contributed by atoms with E-state index >= 15 is 0 Å². The third kappa shape index (κ3) is 3.19. The summed E-state index contributed by atoms with van der Waals surface area (Å²) in [5.74, 6) is -1.02. The van der Waals surface area contributed by atoms with Crippen LogP contribution in [-0.4, -0.2) is 28.4 Å². The van der Waals surface area contributed by atoms with E-state index in [9.17, 15) is 19.1 Å². The lowest BCUT2D eigenvalue weighted by Crippen LogP contribution is -2.31. The maximum Gasteiger partial charge on any atom is 0.331 e. The predicted molar refractivity (Wildman–Crippen MR) is 74.9 cm³/mol. The van der Waals surface area contributed by atoms with Gasteiger partial charge < -0.3 is 9.84 Å². The van der Waals surface area contributed by atoms with Gasteiger partial charge in [0, 0.05) is 20.3 Å². The van der Waals surface area contributed by atoms with E-state index in [1.54, 1.807) is 0 Å². The second-order valence-electron chi connectivity index (χ2n) is 4.47. The molecule has 0 aliphatic heterocycles. The monoisotopic (exact) mass is 294 g/mol. The molecule has 7 heteroatoms. The molecule has 1 aromatic carbocycles. The molecule has 0 amide bonds. The highest BCUT2D eigenvalue weighted by molar-refractivity contribution is 5.67. The Morgan fingerprint density at radius 1 is 1.38 bits per heavy atom. The number of rotatable bonds is 5. The van der Waals surface area contributed by atoms with Gasteiger partial charge in [-0.1, -0.05) is 12.1 Å². The lowest BCUT2D eigenvalue weighted by molar-refractivity contribution is 0.188. The predicted octanol–water partition coefficient (Wildman–Crippen LogP) is 1.08. The standard InChI is InChI=1S/C14H15FN2O4/c1-21-7-3-6-17-13(19)11(12(18)16-14(17)20)9-4-2-5-10(15)8-9/h2,4-5,8,19H,3,6-7H2,1H3,(H,16,18,20). The summed E-state index contributed by atoms with van der Waals surface area (Å²) in [6, 6.07) is 5.25. The summed E-state index contributed by atoms with van der Waals surface area (Å²) >= 11 is 0. The molecule has 0 aliphatic carbocycles. The minimum atomic E-state index is -0.758. The van der Waals surface area contributed by atoms with Gasteiger partial charge in [0.15, 0.2) is 0 Å². The van der Waals surface area contributed by atoms with Crippen molar-refractivity contribution in [2.24, 2.45) is 0 Å². The number of nitrogens with zero attached hydrogens (tertiary/aromatic N) is 1. The quantitative estimate of drug-likeness (QED) is 0.808. The van der Waals surface area contributed by atoms with Crippen molar-refractivity contribution in [3.8, 4) is 17.0 Å². The highest BCUT2D eigenvalue weighted by Gasteiger charge is 2.16. The smallest absolute Gasteiger partial charge is 0.331 e. The number of H-pyrrole nitrogens is 1. The zero-order valence-electron chi connectivity index (χ0n) is 11.4. The molecule has 2 rings (SSSR count). The molecule has 112 valence electrons. The lowest BCUT2D eigenvalue weighted by Gasteiger charge is -2.11. The molecule has 2 aromatic rings. The molecule has 0 bridgehead atoms. The van der Waals surface area contributed by atoms with Gasteiger partial charge in [0.2, 0.25) is 5.88 Å². The summed E-state index contributed by atoms with van der Waals surface area (Å²) in [5, 5.41) is 10.2. The van der Waals surface area contributed by atoms with E-state index in [2.05, 4.69) is 4.98 Å². The number of nitrogens with one attached hydrogen (secondary N) is 1. The molecule has 0 spiro atoms. The van der Waals surface area contributed by atoms with Crippen molar-refractivity contribution >= 4 is 0 Å². The van der Waals surface area contributed by atoms with Crippen molar-refractivity contribution in [2.45, 2.75) is 13.0 Å². The molecular weight excluding hydrogens is 279 g/mol. The number of benzene rings is 1. The number of hydrogen-bond donors (Lipinski definition) is 2. The Hall–Kier alpha value is -2.41. The van der Waals surface area contributed by atoms with Gasteiger partial charge in [0.1, 0.15) is 11.4 Å². The largest absolute Gasteiger partial charge is 0.494 e. The molecular formula is C14H15FN2O4. The molecule has 1 aromatic heterocycles. The minimum absolute atomic E-state index is 0.133. The zero-order valence-corrected chi connectivity index (χ0v) is 11.4. The number of aromatic amines is 1. The molecule has 1 heterocycles. The van der Waals surface area contributed by atoms with Gasteiger partial charge in [-0.15, -0.1) is 0 Å². The number of hydrogen-bond acceptors (Lipinski definition) is 4. The first-order valence-electron chi connectivity index (χ1n) is 6.35. The van der Waals surface area contributed by atoms with E-state index in [-0.39, 0.29) is 17.7 Å². The van der Waals surface area contributed by atoms with Crippen LogP contribution in [0.1, 0.15) is 6.42 Å². The molecule has 0 atom stereocenters. The minimum Gasteiger partial charge on any atom is -0.494 e. The van der Waals surface area contributed by atoms with Crippen molar-refractivity contribution in [3.63, 3.8) is 0 Å². The van der Waals surface area contributed by atoms with Crippen molar-refractivity contribution in [3.05, 3.63) is 50.9 Å². The number of aromatic hydroxyl groups is 1. The highest BCUT2D eigenvalue weighted by Crippen LogP contribution is 2.24. The second kappa shape index (κ2) is 6.36. The van der Waals surface area contributed by atoms with Crippen LogP contribution in [0, 0.1) is 5.82 Å². The number of ether oxygens (including phenoxy) is 1. The zero-order chi connectivity index (χ0) is 15.4. The second-order valence-corrected chi connectivity index (χ2v) is 4.47. The fourth-order valence-electron chi connectivity index (χ4n) is 2.04. The van der Waals surface area contributed by atoms with Crippen LogP contribution in [-0.2, 0) is 11.3 Å². The van der Waals surface area contributed by atoms with E-state index in [4.69, 9.17) is 4.74 Å². The van der Waals surface area contributed by atoms with Crippen LogP contribution in [0.25, 0.3) is 11.1 Å². The van der Waals surface area contributed by atoms with Crippen LogP contribution in [0.5, 0.6) is 5.88 Å². The molecule has 0 aliphatic rings. The molecule has 0 saturated carbocycles. The molecule has 2 N–H and O–H groups in total. The first kappa shape index (κ1) is 15.0. The van der Waals surface area contributed by atoms with Crippen LogP contribution in [0.2, 0.25) is 0 Å². The van der Waals surface area contributed by atoms with Gasteiger partial charge >= 0.3 is 5.69 Å². The Morgan fingerprint density at radius 3 is 2.81 bits per heavy atom. The average Bonchev–Trinajstić information content (AvgIpc) is 2.42. The Kier molecular flexibility index (Phi) is 4.54. The maximum atomic E-state index is 13.3. The summed E-state index contributed by atoms with van der Waals surface area (Å²) in [4.78, 5) is 25.7. The molecule has 0 unspecified atom stereocenters.